The molecule has 1 aromatic rings. The van der Waals surface area contributed by atoms with Crippen LogP contribution >= 0.6 is 0 Å². The molecule has 1 heterocycles. The second-order valence-electron chi connectivity index (χ2n) is 2.99. The van der Waals surface area contributed by atoms with E-state index in [0.29, 0.717) is 13.2 Å². The molecule has 1 atom stereocenters. The molecule has 4 nitrogen and oxygen atoms in total. The quantitative estimate of drug-likeness (QED) is 0.733. The van der Waals surface area contributed by atoms with E-state index in [-0.39, 0.29) is 5.92 Å². The molecule has 0 saturated carbocycles. The van der Waals surface area contributed by atoms with Crippen LogP contribution in [0.15, 0.2) is 12.1 Å². The van der Waals surface area contributed by atoms with Gasteiger partial charge in [0, 0.05) is 19.6 Å². The Morgan fingerprint density at radius 3 is 2.69 bits per heavy atom. The van der Waals surface area contributed by atoms with E-state index >= 15 is 0 Å². The predicted octanol–water partition coefficient (Wildman–Crippen LogP) is 0.474. The van der Waals surface area contributed by atoms with Crippen molar-refractivity contribution in [2.24, 2.45) is 5.73 Å². The van der Waals surface area contributed by atoms with Gasteiger partial charge in [-0.2, -0.15) is 10.2 Å². The van der Waals surface area contributed by atoms with E-state index in [4.69, 9.17) is 10.5 Å². The fraction of sp³-hybridized carbons (Fsp3) is 0.556. The van der Waals surface area contributed by atoms with Crippen molar-refractivity contribution >= 4 is 0 Å². The average molecular weight is 181 g/mol. The van der Waals surface area contributed by atoms with Crippen LogP contribution in [0.5, 0.6) is 0 Å². The van der Waals surface area contributed by atoms with Gasteiger partial charge in [0.1, 0.15) is 0 Å². The standard InChI is InChI=1S/C9H15N3O/c1-7-3-4-9(12-11-7)8(5-10)6-13-2/h3-4,8H,5-6,10H2,1-2H3/t8-/m1/s1. The van der Waals surface area contributed by atoms with E-state index in [2.05, 4.69) is 10.2 Å². The summed E-state index contributed by atoms with van der Waals surface area (Å²) in [5, 5.41) is 8.03. The van der Waals surface area contributed by atoms with Gasteiger partial charge >= 0.3 is 0 Å². The lowest BCUT2D eigenvalue weighted by molar-refractivity contribution is 0.179. The summed E-state index contributed by atoms with van der Waals surface area (Å²) in [6, 6.07) is 3.87. The van der Waals surface area contributed by atoms with Crippen LogP contribution in [0.3, 0.4) is 0 Å². The molecule has 0 bridgehead atoms. The van der Waals surface area contributed by atoms with Gasteiger partial charge in [-0.3, -0.25) is 0 Å². The minimum absolute atomic E-state index is 0.151. The Hall–Kier alpha value is -1.00. The molecule has 72 valence electrons. The van der Waals surface area contributed by atoms with Gasteiger partial charge in [-0.15, -0.1) is 0 Å². The van der Waals surface area contributed by atoms with E-state index in [1.165, 1.54) is 0 Å². The molecule has 0 saturated heterocycles. The molecule has 0 aliphatic rings. The van der Waals surface area contributed by atoms with Gasteiger partial charge in [0.05, 0.1) is 18.0 Å². The molecular formula is C9H15N3O. The van der Waals surface area contributed by atoms with E-state index in [0.717, 1.165) is 11.4 Å². The summed E-state index contributed by atoms with van der Waals surface area (Å²) >= 11 is 0. The highest BCUT2D eigenvalue weighted by Crippen LogP contribution is 2.10. The molecule has 0 aliphatic carbocycles. The first-order valence-corrected chi connectivity index (χ1v) is 4.27. The van der Waals surface area contributed by atoms with Crippen molar-refractivity contribution in [3.8, 4) is 0 Å². The lowest BCUT2D eigenvalue weighted by atomic mass is 10.1. The first kappa shape index (κ1) is 10.1. The van der Waals surface area contributed by atoms with Crippen molar-refractivity contribution in [2.75, 3.05) is 20.3 Å². The van der Waals surface area contributed by atoms with Gasteiger partial charge in [0.2, 0.25) is 0 Å². The lowest BCUT2D eigenvalue weighted by Crippen LogP contribution is -2.18. The summed E-state index contributed by atoms with van der Waals surface area (Å²) in [6.45, 7) is 3.03. The smallest absolute Gasteiger partial charge is 0.0697 e. The minimum atomic E-state index is 0.151. The third-order valence-electron chi connectivity index (χ3n) is 1.89. The lowest BCUT2D eigenvalue weighted by Gasteiger charge is -2.11. The van der Waals surface area contributed by atoms with Gasteiger partial charge < -0.3 is 10.5 Å². The molecule has 1 rings (SSSR count). The van der Waals surface area contributed by atoms with Crippen LogP contribution in [0.4, 0.5) is 0 Å². The summed E-state index contributed by atoms with van der Waals surface area (Å²) in [7, 11) is 1.66. The summed E-state index contributed by atoms with van der Waals surface area (Å²) in [6.07, 6.45) is 0. The highest BCUT2D eigenvalue weighted by atomic mass is 16.5. The molecule has 0 aromatic carbocycles. The number of aryl methyl sites for hydroxylation is 1. The summed E-state index contributed by atoms with van der Waals surface area (Å²) < 4.78 is 5.03. The van der Waals surface area contributed by atoms with Crippen molar-refractivity contribution in [1.29, 1.82) is 0 Å². The van der Waals surface area contributed by atoms with Crippen molar-refractivity contribution in [3.63, 3.8) is 0 Å². The Labute approximate surface area is 78.1 Å². The number of methoxy groups -OCH3 is 1. The van der Waals surface area contributed by atoms with Crippen molar-refractivity contribution in [1.82, 2.24) is 10.2 Å². The van der Waals surface area contributed by atoms with Crippen LogP contribution in [0.25, 0.3) is 0 Å². The topological polar surface area (TPSA) is 61.0 Å². The van der Waals surface area contributed by atoms with Crippen LogP contribution in [0.2, 0.25) is 0 Å². The van der Waals surface area contributed by atoms with E-state index < -0.39 is 0 Å². The molecule has 13 heavy (non-hydrogen) atoms. The normalized spacial score (nSPS) is 12.8. The number of aromatic nitrogens is 2. The third kappa shape index (κ3) is 2.75. The van der Waals surface area contributed by atoms with E-state index in [1.807, 2.05) is 19.1 Å². The summed E-state index contributed by atoms with van der Waals surface area (Å²) in [5.41, 5.74) is 7.39. The van der Waals surface area contributed by atoms with E-state index in [9.17, 15) is 0 Å². The molecule has 0 aliphatic heterocycles. The fourth-order valence-electron chi connectivity index (χ4n) is 1.10. The summed E-state index contributed by atoms with van der Waals surface area (Å²) in [5.74, 6) is 0.151. The molecular weight excluding hydrogens is 166 g/mol. The molecule has 0 fully saturated rings. The number of nitrogens with zero attached hydrogens (tertiary/aromatic N) is 2. The van der Waals surface area contributed by atoms with Gasteiger partial charge in [0.15, 0.2) is 0 Å². The number of hydrogen-bond donors (Lipinski definition) is 1. The zero-order valence-electron chi connectivity index (χ0n) is 8.03. The second-order valence-corrected chi connectivity index (χ2v) is 2.99. The van der Waals surface area contributed by atoms with Crippen molar-refractivity contribution in [2.45, 2.75) is 12.8 Å². The highest BCUT2D eigenvalue weighted by Gasteiger charge is 2.10. The maximum Gasteiger partial charge on any atom is 0.0697 e. The number of rotatable bonds is 4. The maximum atomic E-state index is 5.58. The molecule has 0 spiro atoms. The Bertz CT molecular complexity index is 248. The highest BCUT2D eigenvalue weighted by molar-refractivity contribution is 5.10. The van der Waals surface area contributed by atoms with Gasteiger partial charge in [0.25, 0.3) is 0 Å². The SMILES string of the molecule is COC[C@@H](CN)c1ccc(C)nn1. The van der Waals surface area contributed by atoms with Crippen LogP contribution < -0.4 is 5.73 Å². The number of hydrogen-bond acceptors (Lipinski definition) is 4. The molecule has 1 aromatic heterocycles. The van der Waals surface area contributed by atoms with Gasteiger partial charge in [-0.05, 0) is 19.1 Å². The summed E-state index contributed by atoms with van der Waals surface area (Å²) in [4.78, 5) is 0. The maximum absolute atomic E-state index is 5.58. The number of nitrogens with two attached hydrogens (primary N) is 1. The monoisotopic (exact) mass is 181 g/mol. The molecule has 2 N–H and O–H groups in total. The third-order valence-corrected chi connectivity index (χ3v) is 1.89. The van der Waals surface area contributed by atoms with Gasteiger partial charge in [-0.1, -0.05) is 0 Å². The zero-order chi connectivity index (χ0) is 9.68. The Morgan fingerprint density at radius 1 is 1.46 bits per heavy atom. The van der Waals surface area contributed by atoms with Gasteiger partial charge in [-0.25, -0.2) is 0 Å². The second kappa shape index (κ2) is 4.89. The van der Waals surface area contributed by atoms with Crippen LogP contribution in [0.1, 0.15) is 17.3 Å². The molecule has 0 amide bonds. The van der Waals surface area contributed by atoms with Crippen molar-refractivity contribution in [3.05, 3.63) is 23.5 Å². The Morgan fingerprint density at radius 2 is 2.23 bits per heavy atom. The zero-order valence-corrected chi connectivity index (χ0v) is 8.03. The first-order chi connectivity index (χ1) is 6.27. The average Bonchev–Trinajstić information content (AvgIpc) is 2.16. The molecule has 4 heteroatoms. The fourth-order valence-corrected chi connectivity index (χ4v) is 1.10. The van der Waals surface area contributed by atoms with E-state index in [1.54, 1.807) is 7.11 Å². The van der Waals surface area contributed by atoms with Crippen LogP contribution in [-0.2, 0) is 4.74 Å². The Kier molecular flexibility index (Phi) is 3.79. The van der Waals surface area contributed by atoms with Crippen LogP contribution in [0, 0.1) is 6.92 Å². The molecule has 0 unspecified atom stereocenters. The largest absolute Gasteiger partial charge is 0.384 e. The van der Waals surface area contributed by atoms with Crippen LogP contribution in [-0.4, -0.2) is 30.5 Å². The first-order valence-electron chi connectivity index (χ1n) is 4.27. The number of ether oxygens (including phenoxy) is 1. The van der Waals surface area contributed by atoms with Crippen molar-refractivity contribution < 1.29 is 4.74 Å². The molecule has 0 radical (unpaired) electrons. The Balaban J connectivity index is 2.73. The minimum Gasteiger partial charge on any atom is -0.384 e. The predicted molar refractivity (Wildman–Crippen MR) is 50.4 cm³/mol.